The maximum Gasteiger partial charge on any atom is 0.328 e. The van der Waals surface area contributed by atoms with Gasteiger partial charge in [0.25, 0.3) is 0 Å². The van der Waals surface area contributed by atoms with Gasteiger partial charge in [0.1, 0.15) is 0 Å². The van der Waals surface area contributed by atoms with E-state index in [-0.39, 0.29) is 11.9 Å². The average molecular weight is 300 g/mol. The molecule has 1 spiro atoms. The van der Waals surface area contributed by atoms with Gasteiger partial charge in [-0.15, -0.1) is 0 Å². The third kappa shape index (κ3) is 2.23. The van der Waals surface area contributed by atoms with Crippen LogP contribution in [0.3, 0.4) is 0 Å². The number of carbonyl (C=O) groups is 2. The zero-order chi connectivity index (χ0) is 15.2. The quantitative estimate of drug-likeness (QED) is 0.853. The van der Waals surface area contributed by atoms with Crippen LogP contribution in [0, 0.1) is 5.41 Å². The highest BCUT2D eigenvalue weighted by Crippen LogP contribution is 2.39. The van der Waals surface area contributed by atoms with Crippen molar-refractivity contribution < 1.29 is 9.59 Å². The molecule has 3 amide bonds. The van der Waals surface area contributed by atoms with Gasteiger partial charge in [-0.3, -0.25) is 15.0 Å². The van der Waals surface area contributed by atoms with Gasteiger partial charge in [0, 0.05) is 49.4 Å². The lowest BCUT2D eigenvalue weighted by atomic mass is 9.79. The van der Waals surface area contributed by atoms with Gasteiger partial charge in [-0.1, -0.05) is 0 Å². The van der Waals surface area contributed by atoms with Crippen LogP contribution in [0.15, 0.2) is 24.3 Å². The first kappa shape index (κ1) is 13.6. The van der Waals surface area contributed by atoms with Crippen molar-refractivity contribution in [2.75, 3.05) is 42.5 Å². The Kier molecular flexibility index (Phi) is 3.07. The first-order valence-electron chi connectivity index (χ1n) is 7.82. The van der Waals surface area contributed by atoms with E-state index in [0.717, 1.165) is 31.9 Å². The number of benzene rings is 1. The summed E-state index contributed by atoms with van der Waals surface area (Å²) in [5.74, 6) is -0.200. The number of imide groups is 1. The van der Waals surface area contributed by atoms with Crippen LogP contribution in [0.4, 0.5) is 16.2 Å². The van der Waals surface area contributed by atoms with Crippen LogP contribution in [0.5, 0.6) is 0 Å². The Balaban J connectivity index is 1.43. The summed E-state index contributed by atoms with van der Waals surface area (Å²) >= 11 is 0. The summed E-state index contributed by atoms with van der Waals surface area (Å²) < 4.78 is 0. The summed E-state index contributed by atoms with van der Waals surface area (Å²) in [6.45, 7) is 4.93. The molecule has 0 bridgehead atoms. The lowest BCUT2D eigenvalue weighted by Crippen LogP contribution is -2.57. The normalized spacial score (nSPS) is 23.6. The third-order valence-corrected chi connectivity index (χ3v) is 4.97. The van der Waals surface area contributed by atoms with Crippen LogP contribution in [-0.2, 0) is 4.79 Å². The molecule has 3 fully saturated rings. The van der Waals surface area contributed by atoms with Crippen molar-refractivity contribution in [1.82, 2.24) is 10.6 Å². The Morgan fingerprint density at radius 2 is 1.77 bits per heavy atom. The predicted octanol–water partition coefficient (Wildman–Crippen LogP) is 0.933. The molecule has 0 unspecified atom stereocenters. The van der Waals surface area contributed by atoms with Gasteiger partial charge >= 0.3 is 6.03 Å². The second kappa shape index (κ2) is 4.98. The molecule has 0 atom stereocenters. The molecule has 6 nitrogen and oxygen atoms in total. The van der Waals surface area contributed by atoms with Crippen molar-refractivity contribution in [3.05, 3.63) is 24.3 Å². The Labute approximate surface area is 129 Å². The fourth-order valence-electron chi connectivity index (χ4n) is 3.67. The van der Waals surface area contributed by atoms with E-state index < -0.39 is 0 Å². The van der Waals surface area contributed by atoms with Crippen molar-refractivity contribution in [3.63, 3.8) is 0 Å². The van der Waals surface area contributed by atoms with E-state index >= 15 is 0 Å². The fourth-order valence-corrected chi connectivity index (χ4v) is 3.67. The highest BCUT2D eigenvalue weighted by atomic mass is 16.2. The van der Waals surface area contributed by atoms with Gasteiger partial charge in [-0.25, -0.2) is 4.79 Å². The standard InChI is InChI=1S/C16H20N4O2/c21-14-5-8-20(15(22)18-14)13-3-1-12(2-4-13)19-10-16(11-19)6-7-17-9-16/h1-4,17H,5-11H2,(H,18,21,22). The third-order valence-electron chi connectivity index (χ3n) is 4.97. The van der Waals surface area contributed by atoms with Crippen molar-refractivity contribution in [2.45, 2.75) is 12.8 Å². The maximum atomic E-state index is 11.8. The summed E-state index contributed by atoms with van der Waals surface area (Å²) in [5, 5.41) is 5.79. The smallest absolute Gasteiger partial charge is 0.328 e. The van der Waals surface area contributed by atoms with E-state index in [1.54, 1.807) is 4.90 Å². The molecule has 0 aliphatic carbocycles. The number of hydrogen-bond acceptors (Lipinski definition) is 4. The molecule has 22 heavy (non-hydrogen) atoms. The number of nitrogens with one attached hydrogen (secondary N) is 2. The van der Waals surface area contributed by atoms with Gasteiger partial charge in [-0.05, 0) is 37.2 Å². The zero-order valence-corrected chi connectivity index (χ0v) is 12.5. The highest BCUT2D eigenvalue weighted by molar-refractivity contribution is 6.05. The van der Waals surface area contributed by atoms with Crippen molar-refractivity contribution in [2.24, 2.45) is 5.41 Å². The molecule has 0 aromatic heterocycles. The Morgan fingerprint density at radius 1 is 1.05 bits per heavy atom. The first-order valence-corrected chi connectivity index (χ1v) is 7.82. The van der Waals surface area contributed by atoms with Crippen LogP contribution in [0.1, 0.15) is 12.8 Å². The van der Waals surface area contributed by atoms with E-state index in [1.165, 1.54) is 12.1 Å². The number of carbonyl (C=O) groups excluding carboxylic acids is 2. The van der Waals surface area contributed by atoms with Crippen LogP contribution < -0.4 is 20.4 Å². The lowest BCUT2D eigenvalue weighted by Gasteiger charge is -2.49. The van der Waals surface area contributed by atoms with E-state index in [0.29, 0.717) is 18.4 Å². The minimum absolute atomic E-state index is 0.200. The molecule has 0 radical (unpaired) electrons. The van der Waals surface area contributed by atoms with Crippen molar-refractivity contribution in [1.29, 1.82) is 0 Å². The second-order valence-electron chi connectivity index (χ2n) is 6.55. The van der Waals surface area contributed by atoms with Gasteiger partial charge in [0.05, 0.1) is 0 Å². The molecule has 2 N–H and O–H groups in total. The summed E-state index contributed by atoms with van der Waals surface area (Å²) in [6.07, 6.45) is 1.62. The molecule has 6 heteroatoms. The van der Waals surface area contributed by atoms with Gasteiger partial charge in [0.2, 0.25) is 5.91 Å². The zero-order valence-electron chi connectivity index (χ0n) is 12.5. The van der Waals surface area contributed by atoms with Gasteiger partial charge in [0.15, 0.2) is 0 Å². The van der Waals surface area contributed by atoms with Gasteiger partial charge in [-0.2, -0.15) is 0 Å². The summed E-state index contributed by atoms with van der Waals surface area (Å²) in [5.41, 5.74) is 2.52. The van der Waals surface area contributed by atoms with E-state index in [4.69, 9.17) is 0 Å². The van der Waals surface area contributed by atoms with Crippen molar-refractivity contribution in [3.8, 4) is 0 Å². The molecule has 0 saturated carbocycles. The number of anilines is 2. The molecule has 116 valence electrons. The monoisotopic (exact) mass is 300 g/mol. The topological polar surface area (TPSA) is 64.7 Å². The van der Waals surface area contributed by atoms with Crippen molar-refractivity contribution >= 4 is 23.3 Å². The number of nitrogens with zero attached hydrogens (tertiary/aromatic N) is 2. The predicted molar refractivity (Wildman–Crippen MR) is 84.1 cm³/mol. The lowest BCUT2D eigenvalue weighted by molar-refractivity contribution is -0.120. The average Bonchev–Trinajstić information content (AvgIpc) is 2.96. The molecular formula is C16H20N4O2. The maximum absolute atomic E-state index is 11.8. The van der Waals surface area contributed by atoms with E-state index in [1.807, 2.05) is 12.1 Å². The summed E-state index contributed by atoms with van der Waals surface area (Å²) in [4.78, 5) is 27.0. The fraction of sp³-hybridized carbons (Fsp3) is 0.500. The molecule has 3 saturated heterocycles. The number of hydrogen-bond donors (Lipinski definition) is 2. The largest absolute Gasteiger partial charge is 0.370 e. The molecule has 4 rings (SSSR count). The summed E-state index contributed by atoms with van der Waals surface area (Å²) in [7, 11) is 0. The Hall–Kier alpha value is -2.08. The minimum atomic E-state index is -0.330. The minimum Gasteiger partial charge on any atom is -0.370 e. The van der Waals surface area contributed by atoms with E-state index in [2.05, 4.69) is 27.7 Å². The number of urea groups is 1. The summed E-state index contributed by atoms with van der Waals surface area (Å²) in [6, 6.07) is 7.72. The second-order valence-corrected chi connectivity index (χ2v) is 6.55. The van der Waals surface area contributed by atoms with Crippen LogP contribution in [0.25, 0.3) is 0 Å². The molecule has 1 aromatic carbocycles. The van der Waals surface area contributed by atoms with Crippen LogP contribution in [0.2, 0.25) is 0 Å². The first-order chi connectivity index (χ1) is 10.7. The molecule has 1 aromatic rings. The molecule has 3 heterocycles. The molecular weight excluding hydrogens is 280 g/mol. The Bertz CT molecular complexity index is 599. The van der Waals surface area contributed by atoms with Gasteiger partial charge < -0.3 is 10.2 Å². The van der Waals surface area contributed by atoms with E-state index in [9.17, 15) is 9.59 Å². The van der Waals surface area contributed by atoms with Crippen LogP contribution in [-0.4, -0.2) is 44.7 Å². The number of rotatable bonds is 2. The molecule has 3 aliphatic heterocycles. The van der Waals surface area contributed by atoms with Crippen LogP contribution >= 0.6 is 0 Å². The number of amides is 3. The highest BCUT2D eigenvalue weighted by Gasteiger charge is 2.44. The molecule has 3 aliphatic rings. The Morgan fingerprint density at radius 3 is 2.41 bits per heavy atom. The SMILES string of the molecule is O=C1CCN(c2ccc(N3CC4(CCNC4)C3)cc2)C(=O)N1.